The Morgan fingerprint density at radius 1 is 1.14 bits per heavy atom. The zero-order valence-electron chi connectivity index (χ0n) is 14.1. The van der Waals surface area contributed by atoms with Crippen molar-refractivity contribution in [1.82, 2.24) is 15.1 Å². The Balaban J connectivity index is 2.23. The van der Waals surface area contributed by atoms with E-state index in [2.05, 4.69) is 62.4 Å². The monoisotopic (exact) mass is 285 g/mol. The molecule has 0 aliphatic carbocycles. The molecule has 0 bridgehead atoms. The van der Waals surface area contributed by atoms with Crippen LogP contribution in [0.2, 0.25) is 0 Å². The van der Waals surface area contributed by atoms with Crippen LogP contribution in [0.25, 0.3) is 0 Å². The van der Waals surface area contributed by atoms with E-state index < -0.39 is 0 Å². The molecule has 0 saturated heterocycles. The van der Waals surface area contributed by atoms with E-state index >= 15 is 0 Å². The van der Waals surface area contributed by atoms with Crippen LogP contribution in [0.5, 0.6) is 0 Å². The molecule has 1 N–H and O–H groups in total. The summed E-state index contributed by atoms with van der Waals surface area (Å²) in [5.74, 6) is 0.585. The highest BCUT2D eigenvalue weighted by atomic mass is 15.3. The Kier molecular flexibility index (Phi) is 4.84. The molecule has 0 amide bonds. The molecule has 1 aromatic carbocycles. The fraction of sp³-hybridized carbons (Fsp3) is 0.500. The summed E-state index contributed by atoms with van der Waals surface area (Å²) < 4.78 is 1.97. The average molecular weight is 285 g/mol. The van der Waals surface area contributed by atoms with Crippen LogP contribution >= 0.6 is 0 Å². The fourth-order valence-corrected chi connectivity index (χ4v) is 2.92. The van der Waals surface area contributed by atoms with Gasteiger partial charge in [0.1, 0.15) is 0 Å². The van der Waals surface area contributed by atoms with E-state index in [-0.39, 0.29) is 0 Å². The maximum Gasteiger partial charge on any atom is 0.0644 e. The zero-order valence-corrected chi connectivity index (χ0v) is 14.1. The number of hydrogen-bond acceptors (Lipinski definition) is 2. The lowest BCUT2D eigenvalue weighted by molar-refractivity contribution is 0.584. The molecule has 0 spiro atoms. The number of aromatic nitrogens is 2. The molecule has 1 aromatic heterocycles. The van der Waals surface area contributed by atoms with E-state index in [1.54, 1.807) is 0 Å². The van der Waals surface area contributed by atoms with E-state index in [9.17, 15) is 0 Å². The van der Waals surface area contributed by atoms with Gasteiger partial charge in [-0.05, 0) is 44.4 Å². The molecule has 0 aliphatic rings. The number of nitrogens with zero attached hydrogens (tertiary/aromatic N) is 2. The highest BCUT2D eigenvalue weighted by molar-refractivity contribution is 5.31. The molecular formula is C18H27N3. The third-order valence-electron chi connectivity index (χ3n) is 4.35. The van der Waals surface area contributed by atoms with Gasteiger partial charge in [-0.15, -0.1) is 0 Å². The quantitative estimate of drug-likeness (QED) is 0.908. The van der Waals surface area contributed by atoms with Crippen molar-refractivity contribution in [2.45, 2.75) is 46.1 Å². The largest absolute Gasteiger partial charge is 0.313 e. The molecular weight excluding hydrogens is 258 g/mol. The first-order chi connectivity index (χ1) is 9.93. The van der Waals surface area contributed by atoms with Crippen molar-refractivity contribution in [3.8, 4) is 0 Å². The van der Waals surface area contributed by atoms with Crippen molar-refractivity contribution >= 4 is 0 Å². The molecule has 0 aliphatic heterocycles. The zero-order chi connectivity index (χ0) is 15.6. The second-order valence-corrected chi connectivity index (χ2v) is 6.15. The van der Waals surface area contributed by atoms with Crippen LogP contribution in [0.3, 0.4) is 0 Å². The maximum atomic E-state index is 4.54. The molecule has 1 atom stereocenters. The van der Waals surface area contributed by atoms with Gasteiger partial charge in [0, 0.05) is 24.3 Å². The first-order valence-corrected chi connectivity index (χ1v) is 7.70. The summed E-state index contributed by atoms with van der Waals surface area (Å²) in [5.41, 5.74) is 6.45. The Morgan fingerprint density at radius 3 is 2.19 bits per heavy atom. The van der Waals surface area contributed by atoms with E-state index in [0.717, 1.165) is 12.1 Å². The highest BCUT2D eigenvalue weighted by Gasteiger charge is 2.19. The minimum Gasteiger partial charge on any atom is -0.313 e. The number of nitrogens with one attached hydrogen (secondary N) is 1. The minimum absolute atomic E-state index is 0.309. The maximum absolute atomic E-state index is 4.54. The molecule has 2 rings (SSSR count). The number of rotatable bonds is 5. The summed E-state index contributed by atoms with van der Waals surface area (Å²) in [7, 11) is 4.04. The van der Waals surface area contributed by atoms with Crippen LogP contribution in [0.4, 0.5) is 0 Å². The topological polar surface area (TPSA) is 29.9 Å². The van der Waals surface area contributed by atoms with Crippen LogP contribution in [-0.4, -0.2) is 16.8 Å². The standard InChI is InChI=1S/C18H27N3/c1-12(2)16-9-7-15(8-10-16)11-17(19-5)18-13(3)20-21(6)14(18)4/h7-10,12,17,19H,11H2,1-6H3. The third-order valence-corrected chi connectivity index (χ3v) is 4.35. The summed E-state index contributed by atoms with van der Waals surface area (Å²) in [4.78, 5) is 0. The molecule has 0 fully saturated rings. The van der Waals surface area contributed by atoms with Crippen molar-refractivity contribution in [2.24, 2.45) is 7.05 Å². The Labute approximate surface area is 128 Å². The van der Waals surface area contributed by atoms with E-state index in [4.69, 9.17) is 0 Å². The summed E-state index contributed by atoms with van der Waals surface area (Å²) in [6.45, 7) is 8.69. The first kappa shape index (κ1) is 15.8. The van der Waals surface area contributed by atoms with Crippen LogP contribution in [0.1, 0.15) is 53.9 Å². The molecule has 2 aromatic rings. The van der Waals surface area contributed by atoms with Crippen molar-refractivity contribution in [2.75, 3.05) is 7.05 Å². The number of likely N-dealkylation sites (N-methyl/N-ethyl adjacent to an activating group) is 1. The van der Waals surface area contributed by atoms with E-state index in [0.29, 0.717) is 12.0 Å². The lowest BCUT2D eigenvalue weighted by atomic mass is 9.95. The number of benzene rings is 1. The lowest BCUT2D eigenvalue weighted by Gasteiger charge is -2.18. The van der Waals surface area contributed by atoms with Gasteiger partial charge in [-0.25, -0.2) is 0 Å². The molecule has 21 heavy (non-hydrogen) atoms. The molecule has 0 saturated carbocycles. The molecule has 0 radical (unpaired) electrons. The van der Waals surface area contributed by atoms with Crippen molar-refractivity contribution in [1.29, 1.82) is 0 Å². The minimum atomic E-state index is 0.309. The molecule has 3 heteroatoms. The molecule has 1 heterocycles. The van der Waals surface area contributed by atoms with Crippen molar-refractivity contribution < 1.29 is 0 Å². The Bertz CT molecular complexity index is 594. The molecule has 114 valence electrons. The predicted octanol–water partition coefficient (Wildman–Crippen LogP) is 3.66. The number of hydrogen-bond donors (Lipinski definition) is 1. The van der Waals surface area contributed by atoms with Gasteiger partial charge in [-0.1, -0.05) is 38.1 Å². The van der Waals surface area contributed by atoms with Crippen molar-refractivity contribution in [3.63, 3.8) is 0 Å². The molecule has 3 nitrogen and oxygen atoms in total. The normalized spacial score (nSPS) is 12.9. The highest BCUT2D eigenvalue weighted by Crippen LogP contribution is 2.25. The van der Waals surface area contributed by atoms with Gasteiger partial charge in [0.05, 0.1) is 5.69 Å². The summed E-state index contributed by atoms with van der Waals surface area (Å²) in [5, 5.41) is 7.98. The predicted molar refractivity (Wildman–Crippen MR) is 88.7 cm³/mol. The summed E-state index contributed by atoms with van der Waals surface area (Å²) in [6, 6.07) is 9.30. The van der Waals surface area contributed by atoms with Gasteiger partial charge in [-0.3, -0.25) is 4.68 Å². The SMILES string of the molecule is CNC(Cc1ccc(C(C)C)cc1)c1c(C)nn(C)c1C. The first-order valence-electron chi connectivity index (χ1n) is 7.70. The Hall–Kier alpha value is -1.61. The van der Waals surface area contributed by atoms with Crippen LogP contribution in [0.15, 0.2) is 24.3 Å². The Morgan fingerprint density at radius 2 is 1.76 bits per heavy atom. The van der Waals surface area contributed by atoms with E-state index in [1.807, 2.05) is 18.8 Å². The van der Waals surface area contributed by atoms with Gasteiger partial charge in [0.2, 0.25) is 0 Å². The average Bonchev–Trinajstić information content (AvgIpc) is 2.70. The second-order valence-electron chi connectivity index (χ2n) is 6.15. The van der Waals surface area contributed by atoms with Gasteiger partial charge in [0.25, 0.3) is 0 Å². The van der Waals surface area contributed by atoms with Crippen LogP contribution in [-0.2, 0) is 13.5 Å². The van der Waals surface area contributed by atoms with Gasteiger partial charge < -0.3 is 5.32 Å². The van der Waals surface area contributed by atoms with Crippen LogP contribution in [0, 0.1) is 13.8 Å². The smallest absolute Gasteiger partial charge is 0.0644 e. The third kappa shape index (κ3) is 3.35. The molecule has 1 unspecified atom stereocenters. The van der Waals surface area contributed by atoms with Crippen molar-refractivity contribution in [3.05, 3.63) is 52.3 Å². The van der Waals surface area contributed by atoms with Crippen LogP contribution < -0.4 is 5.32 Å². The number of aryl methyl sites for hydroxylation is 2. The van der Waals surface area contributed by atoms with Gasteiger partial charge in [-0.2, -0.15) is 5.10 Å². The lowest BCUT2D eigenvalue weighted by Crippen LogP contribution is -2.20. The fourth-order valence-electron chi connectivity index (χ4n) is 2.92. The van der Waals surface area contributed by atoms with Gasteiger partial charge >= 0.3 is 0 Å². The van der Waals surface area contributed by atoms with Gasteiger partial charge in [0.15, 0.2) is 0 Å². The summed E-state index contributed by atoms with van der Waals surface area (Å²) >= 11 is 0. The van der Waals surface area contributed by atoms with E-state index in [1.165, 1.54) is 22.4 Å². The second kappa shape index (κ2) is 6.44. The summed E-state index contributed by atoms with van der Waals surface area (Å²) in [6.07, 6.45) is 0.988.